The van der Waals surface area contributed by atoms with E-state index in [9.17, 15) is 9.59 Å². The van der Waals surface area contributed by atoms with Crippen LogP contribution in [-0.2, 0) is 14.3 Å². The Bertz CT molecular complexity index is 460. The first-order valence-electron chi connectivity index (χ1n) is 5.51. The number of morpholine rings is 1. The first-order chi connectivity index (χ1) is 8.65. The number of nitrogens with zero attached hydrogens (tertiary/aromatic N) is 2. The van der Waals surface area contributed by atoms with Crippen molar-refractivity contribution in [2.45, 2.75) is 13.0 Å². The molecule has 7 heteroatoms. The number of aromatic nitrogens is 1. The minimum Gasteiger partial charge on any atom is -0.467 e. The van der Waals surface area contributed by atoms with Gasteiger partial charge in [-0.15, -0.1) is 11.3 Å². The Morgan fingerprint density at radius 1 is 1.61 bits per heavy atom. The van der Waals surface area contributed by atoms with Gasteiger partial charge in [-0.25, -0.2) is 9.78 Å². The van der Waals surface area contributed by atoms with Crippen LogP contribution in [0.1, 0.15) is 15.4 Å². The van der Waals surface area contributed by atoms with Gasteiger partial charge < -0.3 is 14.4 Å². The maximum atomic E-state index is 12.3. The van der Waals surface area contributed by atoms with E-state index in [0.717, 1.165) is 0 Å². The van der Waals surface area contributed by atoms with E-state index in [1.54, 1.807) is 12.4 Å². The predicted octanol–water partition coefficient (Wildman–Crippen LogP) is 0.466. The molecule has 98 valence electrons. The lowest BCUT2D eigenvalue weighted by Crippen LogP contribution is -2.53. The molecule has 1 aliphatic rings. The minimum atomic E-state index is -0.669. The van der Waals surface area contributed by atoms with Crippen molar-refractivity contribution < 1.29 is 19.1 Å². The van der Waals surface area contributed by atoms with Gasteiger partial charge in [-0.1, -0.05) is 0 Å². The molecule has 1 unspecified atom stereocenters. The third-order valence-corrected chi connectivity index (χ3v) is 3.72. The average Bonchev–Trinajstić information content (AvgIpc) is 2.83. The molecule has 18 heavy (non-hydrogen) atoms. The van der Waals surface area contributed by atoms with E-state index in [4.69, 9.17) is 9.47 Å². The van der Waals surface area contributed by atoms with Gasteiger partial charge >= 0.3 is 5.97 Å². The van der Waals surface area contributed by atoms with Gasteiger partial charge in [0, 0.05) is 6.54 Å². The molecule has 1 aromatic heterocycles. The van der Waals surface area contributed by atoms with Crippen LogP contribution in [0.3, 0.4) is 0 Å². The Kier molecular flexibility index (Phi) is 3.93. The van der Waals surface area contributed by atoms with Gasteiger partial charge in [0.05, 0.1) is 31.5 Å². The number of amides is 1. The van der Waals surface area contributed by atoms with E-state index in [1.165, 1.54) is 23.3 Å². The Hall–Kier alpha value is -1.47. The number of aryl methyl sites for hydroxylation is 1. The molecule has 1 amide bonds. The fourth-order valence-electron chi connectivity index (χ4n) is 1.82. The molecule has 1 aliphatic heterocycles. The Labute approximate surface area is 109 Å². The van der Waals surface area contributed by atoms with Crippen LogP contribution in [0.2, 0.25) is 0 Å². The number of methoxy groups -OCH3 is 1. The molecule has 2 rings (SSSR count). The van der Waals surface area contributed by atoms with Crippen LogP contribution in [0, 0.1) is 6.92 Å². The summed E-state index contributed by atoms with van der Waals surface area (Å²) in [5.74, 6) is -0.640. The van der Waals surface area contributed by atoms with Gasteiger partial charge in [-0.2, -0.15) is 0 Å². The van der Waals surface area contributed by atoms with Gasteiger partial charge in [0.2, 0.25) is 0 Å². The molecule has 0 saturated carbocycles. The van der Waals surface area contributed by atoms with E-state index in [2.05, 4.69) is 4.98 Å². The van der Waals surface area contributed by atoms with Crippen molar-refractivity contribution in [3.63, 3.8) is 0 Å². The Morgan fingerprint density at radius 2 is 2.39 bits per heavy atom. The highest BCUT2D eigenvalue weighted by molar-refractivity contribution is 7.11. The van der Waals surface area contributed by atoms with Crippen LogP contribution in [0.4, 0.5) is 0 Å². The first-order valence-corrected chi connectivity index (χ1v) is 6.39. The first kappa shape index (κ1) is 13.0. The van der Waals surface area contributed by atoms with Crippen LogP contribution in [-0.4, -0.2) is 54.7 Å². The normalized spacial score (nSPS) is 19.7. The van der Waals surface area contributed by atoms with Crippen molar-refractivity contribution in [1.82, 2.24) is 9.88 Å². The lowest BCUT2D eigenvalue weighted by atomic mass is 10.2. The third-order valence-electron chi connectivity index (χ3n) is 2.80. The lowest BCUT2D eigenvalue weighted by Gasteiger charge is -2.33. The second kappa shape index (κ2) is 5.45. The number of hydrogen-bond acceptors (Lipinski definition) is 6. The predicted molar refractivity (Wildman–Crippen MR) is 64.5 cm³/mol. The summed E-state index contributed by atoms with van der Waals surface area (Å²) in [6, 6.07) is -0.669. The summed E-state index contributed by atoms with van der Waals surface area (Å²) in [5, 5.41) is 0. The maximum absolute atomic E-state index is 12.3. The molecule has 1 fully saturated rings. The van der Waals surface area contributed by atoms with Gasteiger partial charge in [-0.3, -0.25) is 4.79 Å². The zero-order chi connectivity index (χ0) is 13.1. The molecule has 0 radical (unpaired) electrons. The molecule has 6 nitrogen and oxygen atoms in total. The molecule has 0 bridgehead atoms. The van der Waals surface area contributed by atoms with Crippen LogP contribution in [0.25, 0.3) is 0 Å². The third kappa shape index (κ3) is 2.37. The van der Waals surface area contributed by atoms with Crippen molar-refractivity contribution in [3.05, 3.63) is 16.1 Å². The van der Waals surface area contributed by atoms with Crippen molar-refractivity contribution in [3.8, 4) is 0 Å². The molecule has 2 heterocycles. The highest BCUT2D eigenvalue weighted by Gasteiger charge is 2.35. The van der Waals surface area contributed by atoms with E-state index < -0.39 is 12.0 Å². The summed E-state index contributed by atoms with van der Waals surface area (Å²) in [7, 11) is 1.30. The van der Waals surface area contributed by atoms with Crippen LogP contribution < -0.4 is 0 Å². The number of esters is 1. The van der Waals surface area contributed by atoms with Gasteiger partial charge in [0.1, 0.15) is 4.88 Å². The lowest BCUT2D eigenvalue weighted by molar-refractivity contribution is -0.151. The smallest absolute Gasteiger partial charge is 0.331 e. The summed E-state index contributed by atoms with van der Waals surface area (Å²) in [5.41, 5.74) is 2.30. The van der Waals surface area contributed by atoms with E-state index >= 15 is 0 Å². The molecular formula is C11H14N2O4S. The molecule has 1 aromatic rings. The molecule has 0 aliphatic carbocycles. The highest BCUT2D eigenvalue weighted by Crippen LogP contribution is 2.19. The molecule has 1 saturated heterocycles. The quantitative estimate of drug-likeness (QED) is 0.730. The SMILES string of the molecule is COC(=O)C1COCCN1C(=O)c1scnc1C. The van der Waals surface area contributed by atoms with Crippen molar-refractivity contribution >= 4 is 23.2 Å². The average molecular weight is 270 g/mol. The number of hydrogen-bond donors (Lipinski definition) is 0. The monoisotopic (exact) mass is 270 g/mol. The molecular weight excluding hydrogens is 256 g/mol. The maximum Gasteiger partial charge on any atom is 0.331 e. The summed E-state index contributed by atoms with van der Waals surface area (Å²) in [4.78, 5) is 30.1. The zero-order valence-corrected chi connectivity index (χ0v) is 11.0. The van der Waals surface area contributed by atoms with E-state index in [-0.39, 0.29) is 12.5 Å². The van der Waals surface area contributed by atoms with Crippen LogP contribution in [0.15, 0.2) is 5.51 Å². The van der Waals surface area contributed by atoms with Gasteiger partial charge in [0.25, 0.3) is 5.91 Å². The number of carbonyl (C=O) groups is 2. The molecule has 0 spiro atoms. The van der Waals surface area contributed by atoms with Crippen molar-refractivity contribution in [2.75, 3.05) is 26.9 Å². The summed E-state index contributed by atoms with van der Waals surface area (Å²) in [6.07, 6.45) is 0. The zero-order valence-electron chi connectivity index (χ0n) is 10.2. The molecule has 1 atom stereocenters. The minimum absolute atomic E-state index is 0.177. The largest absolute Gasteiger partial charge is 0.467 e. The van der Waals surface area contributed by atoms with E-state index in [0.29, 0.717) is 23.7 Å². The van der Waals surface area contributed by atoms with Crippen LogP contribution in [0.5, 0.6) is 0 Å². The van der Waals surface area contributed by atoms with Crippen LogP contribution >= 0.6 is 11.3 Å². The Balaban J connectivity index is 2.21. The topological polar surface area (TPSA) is 68.7 Å². The fraction of sp³-hybridized carbons (Fsp3) is 0.545. The number of ether oxygens (including phenoxy) is 2. The molecule has 0 N–H and O–H groups in total. The highest BCUT2D eigenvalue weighted by atomic mass is 32.1. The second-order valence-electron chi connectivity index (χ2n) is 3.88. The Morgan fingerprint density at radius 3 is 3.00 bits per heavy atom. The summed E-state index contributed by atoms with van der Waals surface area (Å²) < 4.78 is 9.92. The summed E-state index contributed by atoms with van der Waals surface area (Å²) in [6.45, 7) is 2.76. The van der Waals surface area contributed by atoms with Crippen molar-refractivity contribution in [2.24, 2.45) is 0 Å². The van der Waals surface area contributed by atoms with E-state index in [1.807, 2.05) is 0 Å². The summed E-state index contributed by atoms with van der Waals surface area (Å²) >= 11 is 1.28. The number of thiazole rings is 1. The molecule has 0 aromatic carbocycles. The van der Waals surface area contributed by atoms with Crippen molar-refractivity contribution in [1.29, 1.82) is 0 Å². The van der Waals surface area contributed by atoms with Gasteiger partial charge in [0.15, 0.2) is 6.04 Å². The second-order valence-corrected chi connectivity index (χ2v) is 4.73. The fourth-order valence-corrected chi connectivity index (χ4v) is 2.57. The number of rotatable bonds is 2. The number of carbonyl (C=O) groups excluding carboxylic acids is 2. The van der Waals surface area contributed by atoms with Gasteiger partial charge in [-0.05, 0) is 6.92 Å². The standard InChI is InChI=1S/C11H14N2O4S/c1-7-9(18-6-12-7)10(14)13-3-4-17-5-8(13)11(15)16-2/h6,8H,3-5H2,1-2H3.